The van der Waals surface area contributed by atoms with Gasteiger partial charge in [-0.15, -0.1) is 0 Å². The summed E-state index contributed by atoms with van der Waals surface area (Å²) >= 11 is 0. The standard InChI is InChI=1S/C13H21NO2/c1-13(2,3)16-9-10-6-7-15-12(10)8-14-11-4-5-11/h6-7,11,14H,4-5,8-9H2,1-3H3. The average molecular weight is 223 g/mol. The van der Waals surface area contributed by atoms with E-state index in [9.17, 15) is 0 Å². The lowest BCUT2D eigenvalue weighted by Gasteiger charge is -2.19. The predicted molar refractivity (Wildman–Crippen MR) is 63.1 cm³/mol. The first-order valence-electron chi connectivity index (χ1n) is 5.97. The van der Waals surface area contributed by atoms with Crippen molar-refractivity contribution in [3.05, 3.63) is 23.7 Å². The first-order chi connectivity index (χ1) is 7.54. The van der Waals surface area contributed by atoms with E-state index in [2.05, 4.69) is 26.1 Å². The minimum atomic E-state index is -0.0987. The fourth-order valence-corrected chi connectivity index (χ4v) is 1.47. The van der Waals surface area contributed by atoms with Crippen molar-refractivity contribution in [3.8, 4) is 0 Å². The molecule has 1 fully saturated rings. The van der Waals surface area contributed by atoms with Crippen LogP contribution in [0.3, 0.4) is 0 Å². The van der Waals surface area contributed by atoms with Crippen molar-refractivity contribution < 1.29 is 9.15 Å². The Labute approximate surface area is 97.2 Å². The number of rotatable bonds is 5. The van der Waals surface area contributed by atoms with Gasteiger partial charge in [0.2, 0.25) is 0 Å². The molecule has 0 unspecified atom stereocenters. The van der Waals surface area contributed by atoms with Crippen molar-refractivity contribution in [3.63, 3.8) is 0 Å². The molecule has 16 heavy (non-hydrogen) atoms. The maximum absolute atomic E-state index is 5.75. The smallest absolute Gasteiger partial charge is 0.123 e. The van der Waals surface area contributed by atoms with E-state index in [1.165, 1.54) is 12.8 Å². The molecule has 1 aliphatic rings. The van der Waals surface area contributed by atoms with Crippen molar-refractivity contribution in [1.82, 2.24) is 5.32 Å². The predicted octanol–water partition coefficient (Wildman–Crippen LogP) is 2.85. The van der Waals surface area contributed by atoms with Crippen LogP contribution in [0.15, 0.2) is 16.7 Å². The number of nitrogens with one attached hydrogen (secondary N) is 1. The number of ether oxygens (including phenoxy) is 1. The van der Waals surface area contributed by atoms with E-state index in [1.54, 1.807) is 6.26 Å². The molecule has 1 aliphatic carbocycles. The van der Waals surface area contributed by atoms with Gasteiger partial charge in [-0.1, -0.05) is 0 Å². The van der Waals surface area contributed by atoms with Gasteiger partial charge in [-0.3, -0.25) is 0 Å². The summed E-state index contributed by atoms with van der Waals surface area (Å²) in [5.74, 6) is 1.01. The van der Waals surface area contributed by atoms with Crippen molar-refractivity contribution >= 4 is 0 Å². The summed E-state index contributed by atoms with van der Waals surface area (Å²) in [6.07, 6.45) is 4.34. The molecule has 0 aromatic carbocycles. The van der Waals surface area contributed by atoms with Crippen LogP contribution >= 0.6 is 0 Å². The molecule has 1 N–H and O–H groups in total. The average Bonchev–Trinajstić information content (AvgIpc) is 2.90. The van der Waals surface area contributed by atoms with Gasteiger partial charge in [-0.25, -0.2) is 0 Å². The molecule has 3 nitrogen and oxygen atoms in total. The minimum absolute atomic E-state index is 0.0987. The topological polar surface area (TPSA) is 34.4 Å². The van der Waals surface area contributed by atoms with Gasteiger partial charge in [-0.05, 0) is 39.7 Å². The Kier molecular flexibility index (Phi) is 3.36. The Bertz CT molecular complexity index is 334. The fraction of sp³-hybridized carbons (Fsp3) is 0.692. The Morgan fingerprint density at radius 3 is 2.81 bits per heavy atom. The lowest BCUT2D eigenvalue weighted by Crippen LogP contribution is -2.20. The quantitative estimate of drug-likeness (QED) is 0.833. The molecule has 0 aliphatic heterocycles. The number of hydrogen-bond acceptors (Lipinski definition) is 3. The van der Waals surface area contributed by atoms with Crippen LogP contribution in [0.1, 0.15) is 44.9 Å². The summed E-state index contributed by atoms with van der Waals surface area (Å²) in [6, 6.07) is 2.71. The Morgan fingerprint density at radius 1 is 1.44 bits per heavy atom. The van der Waals surface area contributed by atoms with Gasteiger partial charge < -0.3 is 14.5 Å². The molecular formula is C13H21NO2. The molecule has 0 bridgehead atoms. The number of hydrogen-bond donors (Lipinski definition) is 1. The zero-order valence-corrected chi connectivity index (χ0v) is 10.4. The van der Waals surface area contributed by atoms with Crippen LogP contribution in [0, 0.1) is 0 Å². The Balaban J connectivity index is 1.85. The van der Waals surface area contributed by atoms with Gasteiger partial charge in [0.15, 0.2) is 0 Å². The maximum atomic E-state index is 5.75. The highest BCUT2D eigenvalue weighted by Gasteiger charge is 2.21. The summed E-state index contributed by atoms with van der Waals surface area (Å²) in [5.41, 5.74) is 1.06. The van der Waals surface area contributed by atoms with Gasteiger partial charge in [0.25, 0.3) is 0 Å². The van der Waals surface area contributed by atoms with E-state index < -0.39 is 0 Å². The summed E-state index contributed by atoms with van der Waals surface area (Å²) in [4.78, 5) is 0. The molecular weight excluding hydrogens is 202 g/mol. The molecule has 1 heterocycles. The summed E-state index contributed by atoms with van der Waals surface area (Å²) < 4.78 is 11.2. The van der Waals surface area contributed by atoms with E-state index >= 15 is 0 Å². The van der Waals surface area contributed by atoms with Crippen molar-refractivity contribution in [1.29, 1.82) is 0 Å². The van der Waals surface area contributed by atoms with Crippen LogP contribution in [0.5, 0.6) is 0 Å². The zero-order valence-electron chi connectivity index (χ0n) is 10.4. The molecule has 0 spiro atoms. The van der Waals surface area contributed by atoms with E-state index in [0.29, 0.717) is 12.6 Å². The second-order valence-electron chi connectivity index (χ2n) is 5.43. The third kappa shape index (κ3) is 3.65. The fourth-order valence-electron chi connectivity index (χ4n) is 1.47. The highest BCUT2D eigenvalue weighted by atomic mass is 16.5. The highest BCUT2D eigenvalue weighted by Crippen LogP contribution is 2.21. The lowest BCUT2D eigenvalue weighted by molar-refractivity contribution is -0.0155. The summed E-state index contributed by atoms with van der Waals surface area (Å²) in [7, 11) is 0. The molecule has 0 radical (unpaired) electrons. The minimum Gasteiger partial charge on any atom is -0.468 e. The Morgan fingerprint density at radius 2 is 2.19 bits per heavy atom. The largest absolute Gasteiger partial charge is 0.468 e. The first kappa shape index (κ1) is 11.7. The van der Waals surface area contributed by atoms with Crippen molar-refractivity contribution in [2.75, 3.05) is 0 Å². The van der Waals surface area contributed by atoms with Crippen molar-refractivity contribution in [2.24, 2.45) is 0 Å². The molecule has 0 amide bonds. The van der Waals surface area contributed by atoms with Gasteiger partial charge in [0, 0.05) is 11.6 Å². The third-order valence-corrected chi connectivity index (χ3v) is 2.63. The summed E-state index contributed by atoms with van der Waals surface area (Å²) in [5, 5.41) is 3.45. The van der Waals surface area contributed by atoms with Crippen LogP contribution < -0.4 is 5.32 Å². The van der Waals surface area contributed by atoms with Crippen LogP contribution in [0.4, 0.5) is 0 Å². The Hall–Kier alpha value is -0.800. The van der Waals surface area contributed by atoms with Gasteiger partial charge >= 0.3 is 0 Å². The van der Waals surface area contributed by atoms with Crippen LogP contribution in [-0.2, 0) is 17.9 Å². The molecule has 3 heteroatoms. The molecule has 90 valence electrons. The maximum Gasteiger partial charge on any atom is 0.123 e. The monoisotopic (exact) mass is 223 g/mol. The van der Waals surface area contributed by atoms with Crippen LogP contribution in [0.25, 0.3) is 0 Å². The zero-order chi connectivity index (χ0) is 11.6. The van der Waals surface area contributed by atoms with Crippen LogP contribution in [0.2, 0.25) is 0 Å². The van der Waals surface area contributed by atoms with Gasteiger partial charge in [-0.2, -0.15) is 0 Å². The normalized spacial score (nSPS) is 16.7. The van der Waals surface area contributed by atoms with E-state index in [0.717, 1.165) is 17.9 Å². The van der Waals surface area contributed by atoms with Gasteiger partial charge in [0.05, 0.1) is 25.0 Å². The lowest BCUT2D eigenvalue weighted by atomic mass is 10.2. The van der Waals surface area contributed by atoms with Crippen LogP contribution in [-0.4, -0.2) is 11.6 Å². The number of furan rings is 1. The van der Waals surface area contributed by atoms with Gasteiger partial charge in [0.1, 0.15) is 5.76 Å². The van der Waals surface area contributed by atoms with E-state index in [4.69, 9.17) is 9.15 Å². The highest BCUT2D eigenvalue weighted by molar-refractivity contribution is 5.16. The van der Waals surface area contributed by atoms with Crippen molar-refractivity contribution in [2.45, 2.75) is 58.4 Å². The van der Waals surface area contributed by atoms with E-state index in [1.807, 2.05) is 6.07 Å². The molecule has 1 aromatic heterocycles. The molecule has 0 saturated heterocycles. The molecule has 1 aromatic rings. The third-order valence-electron chi connectivity index (χ3n) is 2.63. The summed E-state index contributed by atoms with van der Waals surface area (Å²) in [6.45, 7) is 7.64. The first-order valence-corrected chi connectivity index (χ1v) is 5.97. The SMILES string of the molecule is CC(C)(C)OCc1ccoc1CNC1CC1. The second-order valence-corrected chi connectivity index (χ2v) is 5.43. The second kappa shape index (κ2) is 4.60. The van der Waals surface area contributed by atoms with E-state index in [-0.39, 0.29) is 5.60 Å². The molecule has 1 saturated carbocycles. The molecule has 2 rings (SSSR count). The molecule has 0 atom stereocenters.